The van der Waals surface area contributed by atoms with Crippen LogP contribution in [0.25, 0.3) is 0 Å². The van der Waals surface area contributed by atoms with Crippen molar-refractivity contribution in [2.24, 2.45) is 5.92 Å². The topological polar surface area (TPSA) is 79.3 Å². The average Bonchev–Trinajstić information content (AvgIpc) is 3.20. The third-order valence-electron chi connectivity index (χ3n) is 7.27. The molecule has 1 fully saturated rings. The van der Waals surface area contributed by atoms with Gasteiger partial charge in [-0.3, -0.25) is 9.59 Å². The predicted octanol–water partition coefficient (Wildman–Crippen LogP) is 4.89. The zero-order valence-corrected chi connectivity index (χ0v) is 21.6. The monoisotopic (exact) mass is 512 g/mol. The first-order chi connectivity index (χ1) is 18.4. The third kappa shape index (κ3) is 4.93. The number of carbonyl (C=O) groups excluding carboxylic acids is 2. The Bertz CT molecular complexity index is 1290. The van der Waals surface area contributed by atoms with Crippen molar-refractivity contribution < 1.29 is 24.2 Å². The van der Waals surface area contributed by atoms with E-state index in [0.29, 0.717) is 23.4 Å². The van der Waals surface area contributed by atoms with E-state index in [1.54, 1.807) is 36.4 Å². The number of nitrogens with zero attached hydrogens (tertiary/aromatic N) is 2. The van der Waals surface area contributed by atoms with Gasteiger partial charge in [0.15, 0.2) is 6.29 Å². The molecule has 4 unspecified atom stereocenters. The number of rotatable bonds is 8. The fourth-order valence-electron chi connectivity index (χ4n) is 5.13. The lowest BCUT2D eigenvalue weighted by molar-refractivity contribution is -0.275. The molecule has 0 radical (unpaired) electrons. The van der Waals surface area contributed by atoms with Crippen molar-refractivity contribution in [1.82, 2.24) is 4.90 Å². The van der Waals surface area contributed by atoms with E-state index in [-0.39, 0.29) is 36.5 Å². The Hall–Kier alpha value is -3.62. The number of anilines is 1. The summed E-state index contributed by atoms with van der Waals surface area (Å²) >= 11 is 0. The maximum absolute atomic E-state index is 12.9. The van der Waals surface area contributed by atoms with Crippen LogP contribution in [-0.2, 0) is 16.1 Å². The van der Waals surface area contributed by atoms with Crippen LogP contribution in [0.1, 0.15) is 56.7 Å². The van der Waals surface area contributed by atoms with Crippen LogP contribution in [0.4, 0.5) is 5.69 Å². The summed E-state index contributed by atoms with van der Waals surface area (Å²) in [5.41, 5.74) is 3.98. The van der Waals surface area contributed by atoms with Crippen molar-refractivity contribution in [3.8, 4) is 0 Å². The van der Waals surface area contributed by atoms with Gasteiger partial charge in [0.2, 0.25) is 0 Å². The summed E-state index contributed by atoms with van der Waals surface area (Å²) in [6, 6.07) is 21.9. The van der Waals surface area contributed by atoms with E-state index in [1.165, 1.54) is 4.90 Å². The minimum Gasteiger partial charge on any atom is -0.392 e. The molecule has 0 spiro atoms. The Morgan fingerprint density at radius 2 is 1.53 bits per heavy atom. The number of ether oxygens (including phenoxy) is 2. The van der Waals surface area contributed by atoms with Gasteiger partial charge in [-0.25, -0.2) is 4.90 Å². The van der Waals surface area contributed by atoms with Gasteiger partial charge in [-0.1, -0.05) is 61.5 Å². The molecular formula is C31H32N2O5. The molecule has 2 heterocycles. The van der Waals surface area contributed by atoms with E-state index in [0.717, 1.165) is 23.2 Å². The van der Waals surface area contributed by atoms with Gasteiger partial charge in [0.1, 0.15) is 0 Å². The molecule has 0 bridgehead atoms. The van der Waals surface area contributed by atoms with E-state index >= 15 is 0 Å². The second-order valence-corrected chi connectivity index (χ2v) is 9.91. The lowest BCUT2D eigenvalue weighted by atomic mass is 9.90. The number of imide groups is 1. The molecule has 1 saturated heterocycles. The van der Waals surface area contributed by atoms with Gasteiger partial charge in [0.25, 0.3) is 11.8 Å². The number of benzene rings is 3. The van der Waals surface area contributed by atoms with Crippen LogP contribution in [0, 0.1) is 5.92 Å². The standard InChI is InChI=1S/C31H32N2O5/c1-4-17-32(3)18-27-20(2)28(22-11-9-21(19-34)10-12-22)38-31(37-27)23-13-15-24(16-14-23)33-29(35)25-7-5-6-8-26(25)30(33)36/h4-16,20,27-28,31,34H,1,17-19H2,2-3H3. The summed E-state index contributed by atoms with van der Waals surface area (Å²) in [4.78, 5) is 29.2. The zero-order chi connectivity index (χ0) is 26.8. The summed E-state index contributed by atoms with van der Waals surface area (Å²) in [6.07, 6.45) is 0.897. The Balaban J connectivity index is 1.40. The van der Waals surface area contributed by atoms with Crippen LogP contribution in [-0.4, -0.2) is 48.1 Å². The molecule has 7 heteroatoms. The summed E-state index contributed by atoms with van der Waals surface area (Å²) in [6.45, 7) is 7.39. The van der Waals surface area contributed by atoms with Gasteiger partial charge in [-0.05, 0) is 42.4 Å². The van der Waals surface area contributed by atoms with Crippen molar-refractivity contribution in [1.29, 1.82) is 0 Å². The summed E-state index contributed by atoms with van der Waals surface area (Å²) in [5, 5.41) is 9.45. The smallest absolute Gasteiger partial charge is 0.266 e. The Kier molecular flexibility index (Phi) is 7.53. The van der Waals surface area contributed by atoms with Gasteiger partial charge in [0.05, 0.1) is 35.6 Å². The van der Waals surface area contributed by atoms with Crippen LogP contribution >= 0.6 is 0 Å². The number of carbonyl (C=O) groups is 2. The fraction of sp³-hybridized carbons (Fsp3) is 0.290. The first-order valence-corrected chi connectivity index (χ1v) is 12.8. The Labute approximate surface area is 222 Å². The van der Waals surface area contributed by atoms with E-state index in [9.17, 15) is 14.7 Å². The van der Waals surface area contributed by atoms with Crippen LogP contribution in [0.2, 0.25) is 0 Å². The highest BCUT2D eigenvalue weighted by molar-refractivity contribution is 6.34. The second-order valence-electron chi connectivity index (χ2n) is 9.91. The summed E-state index contributed by atoms with van der Waals surface area (Å²) < 4.78 is 13.0. The Morgan fingerprint density at radius 1 is 0.921 bits per heavy atom. The van der Waals surface area contributed by atoms with E-state index in [1.807, 2.05) is 49.5 Å². The molecule has 3 aromatic carbocycles. The number of fused-ring (bicyclic) bond motifs is 1. The molecule has 4 atom stereocenters. The molecule has 196 valence electrons. The fourth-order valence-corrected chi connectivity index (χ4v) is 5.13. The molecule has 0 saturated carbocycles. The molecule has 0 aliphatic carbocycles. The van der Waals surface area contributed by atoms with Crippen molar-refractivity contribution in [3.05, 3.63) is 113 Å². The molecule has 0 aromatic heterocycles. The van der Waals surface area contributed by atoms with Crippen LogP contribution in [0.3, 0.4) is 0 Å². The quantitative estimate of drug-likeness (QED) is 0.342. The molecule has 2 amide bonds. The first-order valence-electron chi connectivity index (χ1n) is 12.8. The van der Waals surface area contributed by atoms with Crippen LogP contribution in [0.15, 0.2) is 85.5 Å². The highest BCUT2D eigenvalue weighted by atomic mass is 16.7. The normalized spacial score (nSPS) is 23.1. The Morgan fingerprint density at radius 3 is 2.11 bits per heavy atom. The van der Waals surface area contributed by atoms with Gasteiger partial charge < -0.3 is 19.5 Å². The maximum atomic E-state index is 12.9. The van der Waals surface area contributed by atoms with Crippen molar-refractivity contribution in [2.45, 2.75) is 32.0 Å². The van der Waals surface area contributed by atoms with Gasteiger partial charge in [0, 0.05) is 24.6 Å². The first kappa shape index (κ1) is 26.0. The van der Waals surface area contributed by atoms with E-state index in [2.05, 4.69) is 18.4 Å². The number of aliphatic hydroxyl groups excluding tert-OH is 1. The molecule has 3 aromatic rings. The largest absolute Gasteiger partial charge is 0.392 e. The number of hydrogen-bond donors (Lipinski definition) is 1. The lowest BCUT2D eigenvalue weighted by Crippen LogP contribution is -2.43. The van der Waals surface area contributed by atoms with Gasteiger partial charge in [-0.15, -0.1) is 6.58 Å². The van der Waals surface area contributed by atoms with Crippen molar-refractivity contribution in [2.75, 3.05) is 25.0 Å². The van der Waals surface area contributed by atoms with E-state index < -0.39 is 6.29 Å². The molecular weight excluding hydrogens is 480 g/mol. The number of amides is 2. The number of hydrogen-bond acceptors (Lipinski definition) is 6. The van der Waals surface area contributed by atoms with Crippen LogP contribution < -0.4 is 4.90 Å². The lowest BCUT2D eigenvalue weighted by Gasteiger charge is -2.42. The SMILES string of the molecule is C=CCN(C)CC1OC(c2ccc(N3C(=O)c4ccccc4C3=O)cc2)OC(c2ccc(CO)cc2)C1C. The molecule has 5 rings (SSSR count). The number of likely N-dealkylation sites (N-methyl/N-ethyl adjacent to an activating group) is 1. The third-order valence-corrected chi connectivity index (χ3v) is 7.27. The minimum atomic E-state index is -0.632. The van der Waals surface area contributed by atoms with Gasteiger partial charge >= 0.3 is 0 Å². The van der Waals surface area contributed by atoms with Crippen molar-refractivity contribution >= 4 is 17.5 Å². The highest BCUT2D eigenvalue weighted by Crippen LogP contribution is 2.42. The number of aliphatic hydroxyl groups is 1. The van der Waals surface area contributed by atoms with Crippen molar-refractivity contribution in [3.63, 3.8) is 0 Å². The summed E-state index contributed by atoms with van der Waals surface area (Å²) in [7, 11) is 2.03. The average molecular weight is 513 g/mol. The van der Waals surface area contributed by atoms with Crippen LogP contribution in [0.5, 0.6) is 0 Å². The highest BCUT2D eigenvalue weighted by Gasteiger charge is 2.39. The molecule has 7 nitrogen and oxygen atoms in total. The molecule has 2 aliphatic heterocycles. The molecule has 2 aliphatic rings. The molecule has 1 N–H and O–H groups in total. The minimum absolute atomic E-state index is 0.0124. The maximum Gasteiger partial charge on any atom is 0.266 e. The molecule has 38 heavy (non-hydrogen) atoms. The second kappa shape index (κ2) is 11.0. The zero-order valence-electron chi connectivity index (χ0n) is 21.6. The predicted molar refractivity (Wildman–Crippen MR) is 145 cm³/mol. The van der Waals surface area contributed by atoms with E-state index in [4.69, 9.17) is 9.47 Å². The summed E-state index contributed by atoms with van der Waals surface area (Å²) in [5.74, 6) is -0.584. The van der Waals surface area contributed by atoms with Gasteiger partial charge in [-0.2, -0.15) is 0 Å².